The summed E-state index contributed by atoms with van der Waals surface area (Å²) >= 11 is 0. The van der Waals surface area contributed by atoms with Gasteiger partial charge in [0.15, 0.2) is 5.96 Å². The van der Waals surface area contributed by atoms with Crippen LogP contribution < -0.4 is 10.6 Å². The molecule has 162 valence electrons. The standard InChI is InChI=1S/C22H37N5O2/c1-4-23-22(24-12-15-26(2)13-6-16-29-3)25-17-19-8-10-20(11-9-19)18-27-14-5-7-21(27)28/h8-11H,4-7,12-18H2,1-3H3,(H2,23,24,25). The van der Waals surface area contributed by atoms with E-state index in [1.165, 1.54) is 5.56 Å². The number of carbonyl (C=O) groups is 1. The quantitative estimate of drug-likeness (QED) is 0.317. The molecule has 1 heterocycles. The molecule has 7 nitrogen and oxygen atoms in total. The van der Waals surface area contributed by atoms with Gasteiger partial charge in [0.1, 0.15) is 0 Å². The van der Waals surface area contributed by atoms with Crippen LogP contribution in [0.1, 0.15) is 37.3 Å². The van der Waals surface area contributed by atoms with E-state index in [0.717, 1.165) is 63.7 Å². The fourth-order valence-electron chi connectivity index (χ4n) is 3.31. The molecule has 0 bridgehead atoms. The molecule has 7 heteroatoms. The summed E-state index contributed by atoms with van der Waals surface area (Å²) in [4.78, 5) is 20.7. The molecule has 29 heavy (non-hydrogen) atoms. The second-order valence-electron chi connectivity index (χ2n) is 7.51. The zero-order valence-corrected chi connectivity index (χ0v) is 18.2. The van der Waals surface area contributed by atoms with Gasteiger partial charge in [-0.3, -0.25) is 4.79 Å². The van der Waals surface area contributed by atoms with Gasteiger partial charge in [0.05, 0.1) is 6.54 Å². The molecule has 1 aliphatic heterocycles. The Hall–Kier alpha value is -2.12. The molecule has 0 radical (unpaired) electrons. The molecule has 0 atom stereocenters. The number of aliphatic imine (C=N–C) groups is 1. The molecule has 1 aromatic carbocycles. The minimum absolute atomic E-state index is 0.268. The first-order valence-electron chi connectivity index (χ1n) is 10.7. The lowest BCUT2D eigenvalue weighted by Gasteiger charge is -2.18. The summed E-state index contributed by atoms with van der Waals surface area (Å²) in [5.74, 6) is 1.11. The number of guanidine groups is 1. The van der Waals surface area contributed by atoms with Gasteiger partial charge < -0.3 is 25.2 Å². The number of amides is 1. The molecule has 0 aliphatic carbocycles. The van der Waals surface area contributed by atoms with Gasteiger partial charge in [-0.25, -0.2) is 4.99 Å². The van der Waals surface area contributed by atoms with Crippen molar-refractivity contribution in [2.24, 2.45) is 4.99 Å². The van der Waals surface area contributed by atoms with Gasteiger partial charge >= 0.3 is 0 Å². The Bertz CT molecular complexity index is 633. The number of nitrogens with one attached hydrogen (secondary N) is 2. The molecule has 2 rings (SSSR count). The number of rotatable bonds is 12. The number of likely N-dealkylation sites (N-methyl/N-ethyl adjacent to an activating group) is 1. The van der Waals surface area contributed by atoms with Crippen LogP contribution in [-0.2, 0) is 22.6 Å². The third kappa shape index (κ3) is 8.83. The minimum Gasteiger partial charge on any atom is -0.385 e. The smallest absolute Gasteiger partial charge is 0.222 e. The number of benzene rings is 1. The lowest BCUT2D eigenvalue weighted by molar-refractivity contribution is -0.128. The number of methoxy groups -OCH3 is 1. The van der Waals surface area contributed by atoms with E-state index < -0.39 is 0 Å². The van der Waals surface area contributed by atoms with Crippen molar-refractivity contribution in [3.63, 3.8) is 0 Å². The largest absolute Gasteiger partial charge is 0.385 e. The van der Waals surface area contributed by atoms with E-state index in [1.54, 1.807) is 7.11 Å². The van der Waals surface area contributed by atoms with Crippen LogP contribution in [0.2, 0.25) is 0 Å². The second kappa shape index (κ2) is 13.2. The maximum Gasteiger partial charge on any atom is 0.222 e. The lowest BCUT2D eigenvalue weighted by Crippen LogP contribution is -2.41. The molecule has 0 spiro atoms. The van der Waals surface area contributed by atoms with Crippen molar-refractivity contribution in [3.05, 3.63) is 35.4 Å². The van der Waals surface area contributed by atoms with Crippen molar-refractivity contribution in [1.29, 1.82) is 0 Å². The number of ether oxygens (including phenoxy) is 1. The average Bonchev–Trinajstić information content (AvgIpc) is 3.12. The summed E-state index contributed by atoms with van der Waals surface area (Å²) in [5, 5.41) is 6.70. The second-order valence-corrected chi connectivity index (χ2v) is 7.51. The highest BCUT2D eigenvalue weighted by atomic mass is 16.5. The van der Waals surface area contributed by atoms with Crippen LogP contribution >= 0.6 is 0 Å². The van der Waals surface area contributed by atoms with E-state index in [-0.39, 0.29) is 5.91 Å². The molecular formula is C22H37N5O2. The number of nitrogens with zero attached hydrogens (tertiary/aromatic N) is 3. The van der Waals surface area contributed by atoms with Gasteiger partial charge in [-0.1, -0.05) is 24.3 Å². The predicted octanol–water partition coefficient (Wildman–Crippen LogP) is 1.83. The zero-order valence-electron chi connectivity index (χ0n) is 18.2. The van der Waals surface area contributed by atoms with E-state index in [0.29, 0.717) is 19.5 Å². The molecule has 1 saturated heterocycles. The number of likely N-dealkylation sites (tertiary alicyclic amines) is 1. The van der Waals surface area contributed by atoms with Crippen LogP contribution in [0.25, 0.3) is 0 Å². The van der Waals surface area contributed by atoms with Gasteiger partial charge in [-0.05, 0) is 37.9 Å². The molecule has 0 saturated carbocycles. The molecule has 2 N–H and O–H groups in total. The van der Waals surface area contributed by atoms with Gasteiger partial charge in [0.2, 0.25) is 5.91 Å². The third-order valence-electron chi connectivity index (χ3n) is 5.01. The van der Waals surface area contributed by atoms with Crippen LogP contribution in [-0.4, -0.2) is 75.2 Å². The summed E-state index contributed by atoms with van der Waals surface area (Å²) in [6.45, 7) is 8.75. The van der Waals surface area contributed by atoms with Crippen molar-refractivity contribution < 1.29 is 9.53 Å². The first kappa shape index (κ1) is 23.2. The van der Waals surface area contributed by atoms with Crippen molar-refractivity contribution in [2.75, 3.05) is 53.5 Å². The highest BCUT2D eigenvalue weighted by Crippen LogP contribution is 2.15. The van der Waals surface area contributed by atoms with Crippen LogP contribution in [0.5, 0.6) is 0 Å². The normalized spacial score (nSPS) is 14.7. The highest BCUT2D eigenvalue weighted by Gasteiger charge is 2.19. The van der Waals surface area contributed by atoms with Crippen LogP contribution in [0.15, 0.2) is 29.3 Å². The average molecular weight is 404 g/mol. The van der Waals surface area contributed by atoms with E-state index in [1.807, 2.05) is 4.90 Å². The molecule has 0 unspecified atom stereocenters. The Labute approximate surface area is 175 Å². The van der Waals surface area contributed by atoms with Crippen LogP contribution in [0, 0.1) is 0 Å². The maximum absolute atomic E-state index is 11.8. The number of hydrogen-bond donors (Lipinski definition) is 2. The van der Waals surface area contributed by atoms with Gasteiger partial charge in [-0.15, -0.1) is 0 Å². The van der Waals surface area contributed by atoms with Crippen molar-refractivity contribution in [3.8, 4) is 0 Å². The summed E-state index contributed by atoms with van der Waals surface area (Å²) in [7, 11) is 3.86. The van der Waals surface area contributed by atoms with E-state index in [9.17, 15) is 4.79 Å². The van der Waals surface area contributed by atoms with E-state index in [4.69, 9.17) is 9.73 Å². The Morgan fingerprint density at radius 3 is 2.62 bits per heavy atom. The number of carbonyl (C=O) groups excluding carboxylic acids is 1. The molecular weight excluding hydrogens is 366 g/mol. The molecule has 0 aromatic heterocycles. The van der Waals surface area contributed by atoms with E-state index in [2.05, 4.69) is 53.8 Å². The lowest BCUT2D eigenvalue weighted by atomic mass is 10.1. The van der Waals surface area contributed by atoms with Crippen molar-refractivity contribution in [1.82, 2.24) is 20.4 Å². The Morgan fingerprint density at radius 2 is 1.97 bits per heavy atom. The highest BCUT2D eigenvalue weighted by molar-refractivity contribution is 5.79. The molecule has 1 aromatic rings. The Balaban J connectivity index is 1.77. The summed E-state index contributed by atoms with van der Waals surface area (Å²) in [6.07, 6.45) is 2.72. The fraction of sp³-hybridized carbons (Fsp3) is 0.636. The minimum atomic E-state index is 0.268. The fourth-order valence-corrected chi connectivity index (χ4v) is 3.31. The van der Waals surface area contributed by atoms with Crippen LogP contribution in [0.3, 0.4) is 0 Å². The summed E-state index contributed by atoms with van der Waals surface area (Å²) in [6, 6.07) is 8.41. The van der Waals surface area contributed by atoms with E-state index >= 15 is 0 Å². The SMILES string of the molecule is CCNC(=NCc1ccc(CN2CCCC2=O)cc1)NCCN(C)CCCOC. The topological polar surface area (TPSA) is 69.2 Å². The Morgan fingerprint density at radius 1 is 1.21 bits per heavy atom. The molecule has 1 aliphatic rings. The number of hydrogen-bond acceptors (Lipinski definition) is 4. The van der Waals surface area contributed by atoms with Gasteiger partial charge in [-0.2, -0.15) is 0 Å². The van der Waals surface area contributed by atoms with Gasteiger partial charge in [0, 0.05) is 59.4 Å². The third-order valence-corrected chi connectivity index (χ3v) is 5.01. The first-order valence-corrected chi connectivity index (χ1v) is 10.7. The molecule has 1 amide bonds. The van der Waals surface area contributed by atoms with Crippen molar-refractivity contribution in [2.45, 2.75) is 39.3 Å². The Kier molecular flexibility index (Phi) is 10.5. The summed E-state index contributed by atoms with van der Waals surface area (Å²) < 4.78 is 5.10. The van der Waals surface area contributed by atoms with Crippen molar-refractivity contribution >= 4 is 11.9 Å². The van der Waals surface area contributed by atoms with Crippen LogP contribution in [0.4, 0.5) is 0 Å². The first-order chi connectivity index (χ1) is 14.1. The maximum atomic E-state index is 11.8. The zero-order chi connectivity index (χ0) is 20.9. The monoisotopic (exact) mass is 403 g/mol. The predicted molar refractivity (Wildman–Crippen MR) is 118 cm³/mol. The molecule has 1 fully saturated rings. The van der Waals surface area contributed by atoms with Gasteiger partial charge in [0.25, 0.3) is 0 Å². The summed E-state index contributed by atoms with van der Waals surface area (Å²) in [5.41, 5.74) is 2.34.